The van der Waals surface area contributed by atoms with E-state index in [1.807, 2.05) is 24.3 Å². The maximum Gasteiger partial charge on any atom is 0.118 e. The molecule has 0 heterocycles. The van der Waals surface area contributed by atoms with Crippen LogP contribution in [-0.4, -0.2) is 18.8 Å². The van der Waals surface area contributed by atoms with E-state index in [0.29, 0.717) is 0 Å². The summed E-state index contributed by atoms with van der Waals surface area (Å²) < 4.78 is 5.03. The van der Waals surface area contributed by atoms with Crippen LogP contribution in [0.3, 0.4) is 0 Å². The van der Waals surface area contributed by atoms with Crippen LogP contribution in [0.2, 0.25) is 0 Å². The van der Waals surface area contributed by atoms with E-state index in [1.165, 1.54) is 0 Å². The Hall–Kier alpha value is -1.28. The largest absolute Gasteiger partial charge is 0.497 e. The van der Waals surface area contributed by atoms with Gasteiger partial charge in [-0.3, -0.25) is 0 Å². The molecule has 0 radical (unpaired) electrons. The number of hydrogen-bond donors (Lipinski definition) is 1. The Morgan fingerprint density at radius 3 is 2.46 bits per heavy atom. The molecule has 0 saturated heterocycles. The lowest BCUT2D eigenvalue weighted by atomic mass is 10.1. The predicted octanol–water partition coefficient (Wildman–Crippen LogP) is 1.79. The average Bonchev–Trinajstić information content (AvgIpc) is 2.19. The van der Waals surface area contributed by atoms with Crippen molar-refractivity contribution in [1.29, 1.82) is 0 Å². The Bertz CT molecular complexity index is 275. The maximum absolute atomic E-state index is 8.77. The molecule has 0 amide bonds. The number of aliphatic hydroxyl groups excluding tert-OH is 1. The van der Waals surface area contributed by atoms with Gasteiger partial charge in [-0.05, 0) is 29.7 Å². The highest BCUT2D eigenvalue weighted by atomic mass is 16.5. The van der Waals surface area contributed by atoms with Crippen LogP contribution < -0.4 is 4.74 Å². The highest BCUT2D eigenvalue weighted by Crippen LogP contribution is 2.13. The summed E-state index contributed by atoms with van der Waals surface area (Å²) >= 11 is 0. The highest BCUT2D eigenvalue weighted by Gasteiger charge is 1.96. The third-order valence-corrected chi connectivity index (χ3v) is 1.84. The molecule has 0 aliphatic heterocycles. The zero-order chi connectivity index (χ0) is 9.68. The SMILES string of the molecule is C=C(CO)Cc1ccc(OC)cc1. The molecule has 1 rings (SSSR count). The summed E-state index contributed by atoms with van der Waals surface area (Å²) in [5.41, 5.74) is 1.96. The van der Waals surface area contributed by atoms with Gasteiger partial charge in [0.05, 0.1) is 13.7 Å². The predicted molar refractivity (Wildman–Crippen MR) is 52.9 cm³/mol. The van der Waals surface area contributed by atoms with E-state index in [1.54, 1.807) is 7.11 Å². The van der Waals surface area contributed by atoms with Crippen molar-refractivity contribution < 1.29 is 9.84 Å². The van der Waals surface area contributed by atoms with Crippen LogP contribution in [0.4, 0.5) is 0 Å². The molecule has 0 saturated carbocycles. The number of hydrogen-bond acceptors (Lipinski definition) is 2. The lowest BCUT2D eigenvalue weighted by molar-refractivity contribution is 0.329. The molecule has 0 spiro atoms. The second kappa shape index (κ2) is 4.67. The van der Waals surface area contributed by atoms with Crippen LogP contribution >= 0.6 is 0 Å². The minimum Gasteiger partial charge on any atom is -0.497 e. The molecular formula is C11H14O2. The first kappa shape index (κ1) is 9.81. The Balaban J connectivity index is 2.64. The molecular weight excluding hydrogens is 164 g/mol. The summed E-state index contributed by atoms with van der Waals surface area (Å²) in [6.45, 7) is 3.78. The molecule has 0 aliphatic rings. The molecule has 13 heavy (non-hydrogen) atoms. The van der Waals surface area contributed by atoms with E-state index in [2.05, 4.69) is 6.58 Å². The van der Waals surface area contributed by atoms with Gasteiger partial charge in [0, 0.05) is 0 Å². The van der Waals surface area contributed by atoms with Crippen molar-refractivity contribution in [3.05, 3.63) is 42.0 Å². The van der Waals surface area contributed by atoms with Gasteiger partial charge in [0.15, 0.2) is 0 Å². The number of methoxy groups -OCH3 is 1. The smallest absolute Gasteiger partial charge is 0.118 e. The van der Waals surface area contributed by atoms with Crippen molar-refractivity contribution in [3.63, 3.8) is 0 Å². The molecule has 70 valence electrons. The van der Waals surface area contributed by atoms with Crippen LogP contribution in [0.1, 0.15) is 5.56 Å². The van der Waals surface area contributed by atoms with Gasteiger partial charge < -0.3 is 9.84 Å². The maximum atomic E-state index is 8.77. The molecule has 1 N–H and O–H groups in total. The van der Waals surface area contributed by atoms with Crippen molar-refractivity contribution in [2.24, 2.45) is 0 Å². The van der Waals surface area contributed by atoms with Crippen molar-refractivity contribution in [3.8, 4) is 5.75 Å². The van der Waals surface area contributed by atoms with E-state index in [4.69, 9.17) is 9.84 Å². The molecule has 0 atom stereocenters. The Labute approximate surface area is 78.5 Å². The summed E-state index contributed by atoms with van der Waals surface area (Å²) in [6.07, 6.45) is 0.723. The summed E-state index contributed by atoms with van der Waals surface area (Å²) in [6, 6.07) is 7.75. The topological polar surface area (TPSA) is 29.5 Å². The van der Waals surface area contributed by atoms with Gasteiger partial charge in [-0.15, -0.1) is 0 Å². The van der Waals surface area contributed by atoms with Crippen LogP contribution in [0.5, 0.6) is 5.75 Å². The van der Waals surface area contributed by atoms with Crippen molar-refractivity contribution >= 4 is 0 Å². The Kier molecular flexibility index (Phi) is 3.53. The van der Waals surface area contributed by atoms with E-state index in [9.17, 15) is 0 Å². The van der Waals surface area contributed by atoms with E-state index in [0.717, 1.165) is 23.3 Å². The van der Waals surface area contributed by atoms with Gasteiger partial charge in [0.25, 0.3) is 0 Å². The molecule has 1 aromatic rings. The van der Waals surface area contributed by atoms with E-state index >= 15 is 0 Å². The first-order chi connectivity index (χ1) is 6.26. The second-order valence-electron chi connectivity index (χ2n) is 2.93. The van der Waals surface area contributed by atoms with Gasteiger partial charge in [-0.2, -0.15) is 0 Å². The fourth-order valence-electron chi connectivity index (χ4n) is 1.09. The lowest BCUT2D eigenvalue weighted by Crippen LogP contribution is -1.93. The van der Waals surface area contributed by atoms with E-state index < -0.39 is 0 Å². The quantitative estimate of drug-likeness (QED) is 0.712. The fourth-order valence-corrected chi connectivity index (χ4v) is 1.09. The third-order valence-electron chi connectivity index (χ3n) is 1.84. The monoisotopic (exact) mass is 178 g/mol. The van der Waals surface area contributed by atoms with Crippen LogP contribution in [0.25, 0.3) is 0 Å². The Morgan fingerprint density at radius 2 is 2.00 bits per heavy atom. The zero-order valence-corrected chi connectivity index (χ0v) is 7.79. The number of benzene rings is 1. The first-order valence-electron chi connectivity index (χ1n) is 4.16. The molecule has 2 heteroatoms. The molecule has 2 nitrogen and oxygen atoms in total. The zero-order valence-electron chi connectivity index (χ0n) is 7.79. The van der Waals surface area contributed by atoms with Gasteiger partial charge in [-0.25, -0.2) is 0 Å². The molecule has 1 aromatic carbocycles. The molecule has 0 aliphatic carbocycles. The normalized spacial score (nSPS) is 9.69. The van der Waals surface area contributed by atoms with Crippen molar-refractivity contribution in [2.45, 2.75) is 6.42 Å². The molecule has 0 aromatic heterocycles. The number of aliphatic hydroxyl groups is 1. The summed E-state index contributed by atoms with van der Waals surface area (Å²) in [4.78, 5) is 0. The van der Waals surface area contributed by atoms with Gasteiger partial charge in [0.1, 0.15) is 5.75 Å². The number of ether oxygens (including phenoxy) is 1. The van der Waals surface area contributed by atoms with Crippen molar-refractivity contribution in [1.82, 2.24) is 0 Å². The molecule has 0 bridgehead atoms. The van der Waals surface area contributed by atoms with Crippen molar-refractivity contribution in [2.75, 3.05) is 13.7 Å². The molecule has 0 unspecified atom stereocenters. The fraction of sp³-hybridized carbons (Fsp3) is 0.273. The summed E-state index contributed by atoms with van der Waals surface area (Å²) in [7, 11) is 1.64. The number of rotatable bonds is 4. The summed E-state index contributed by atoms with van der Waals surface area (Å²) in [5, 5.41) is 8.77. The second-order valence-corrected chi connectivity index (χ2v) is 2.93. The van der Waals surface area contributed by atoms with Gasteiger partial charge >= 0.3 is 0 Å². The third kappa shape index (κ3) is 2.92. The average molecular weight is 178 g/mol. The van der Waals surface area contributed by atoms with Gasteiger partial charge in [0.2, 0.25) is 0 Å². The van der Waals surface area contributed by atoms with Crippen LogP contribution in [-0.2, 0) is 6.42 Å². The first-order valence-corrected chi connectivity index (χ1v) is 4.16. The lowest BCUT2D eigenvalue weighted by Gasteiger charge is -2.03. The Morgan fingerprint density at radius 1 is 1.38 bits per heavy atom. The van der Waals surface area contributed by atoms with Gasteiger partial charge in [-0.1, -0.05) is 18.7 Å². The van der Waals surface area contributed by atoms with Crippen LogP contribution in [0.15, 0.2) is 36.4 Å². The molecule has 0 fully saturated rings. The highest BCUT2D eigenvalue weighted by molar-refractivity contribution is 5.29. The standard InChI is InChI=1S/C11H14O2/c1-9(8-12)7-10-3-5-11(13-2)6-4-10/h3-6,12H,1,7-8H2,2H3. The van der Waals surface area contributed by atoms with Crippen LogP contribution in [0, 0.1) is 0 Å². The summed E-state index contributed by atoms with van der Waals surface area (Å²) in [5.74, 6) is 0.846. The minimum atomic E-state index is 0.0476. The van der Waals surface area contributed by atoms with E-state index in [-0.39, 0.29) is 6.61 Å². The minimum absolute atomic E-state index is 0.0476.